The molecule has 0 atom stereocenters. The largest absolute Gasteiger partial charge is 0.459 e. The van der Waals surface area contributed by atoms with Gasteiger partial charge < -0.3 is 14.7 Å². The second kappa shape index (κ2) is 5.60. The summed E-state index contributed by atoms with van der Waals surface area (Å²) in [6, 6.07) is 3.72. The number of rotatable bonds is 5. The number of hydrogen-bond acceptors (Lipinski definition) is 8. The van der Waals surface area contributed by atoms with Crippen LogP contribution < -0.4 is 5.73 Å². The zero-order valence-electron chi connectivity index (χ0n) is 11.6. The maximum absolute atomic E-state index is 5.79. The molecule has 0 fully saturated rings. The molecule has 9 heteroatoms. The highest BCUT2D eigenvalue weighted by Gasteiger charge is 2.15. The van der Waals surface area contributed by atoms with Gasteiger partial charge in [-0.15, -0.1) is 10.2 Å². The minimum atomic E-state index is 0.187. The average Bonchev–Trinajstić information content (AvgIpc) is 3.16. The first-order valence-corrected chi connectivity index (χ1v) is 7.33. The molecule has 3 aromatic heterocycles. The van der Waals surface area contributed by atoms with E-state index in [0.717, 1.165) is 5.16 Å². The first-order chi connectivity index (χ1) is 10.1. The summed E-state index contributed by atoms with van der Waals surface area (Å²) >= 11 is 1.45. The molecule has 0 aliphatic heterocycles. The van der Waals surface area contributed by atoms with E-state index in [1.165, 1.54) is 11.8 Å². The molecular weight excluding hydrogens is 292 g/mol. The summed E-state index contributed by atoms with van der Waals surface area (Å²) in [6.07, 6.45) is 1.56. The summed E-state index contributed by atoms with van der Waals surface area (Å²) in [5.41, 5.74) is 5.79. The zero-order valence-corrected chi connectivity index (χ0v) is 12.4. The van der Waals surface area contributed by atoms with Crippen LogP contribution in [0.25, 0.3) is 11.7 Å². The molecule has 110 valence electrons. The van der Waals surface area contributed by atoms with Gasteiger partial charge in [0.15, 0.2) is 16.7 Å². The van der Waals surface area contributed by atoms with Gasteiger partial charge in [-0.25, -0.2) is 0 Å². The third-order valence-electron chi connectivity index (χ3n) is 2.74. The van der Waals surface area contributed by atoms with Gasteiger partial charge in [0.2, 0.25) is 5.95 Å². The quantitative estimate of drug-likeness (QED) is 0.715. The predicted octanol–water partition coefficient (Wildman–Crippen LogP) is 2.38. The molecule has 8 nitrogen and oxygen atoms in total. The molecule has 0 spiro atoms. The Bertz CT molecular complexity index is 718. The summed E-state index contributed by atoms with van der Waals surface area (Å²) in [5, 5.41) is 12.6. The van der Waals surface area contributed by atoms with Crippen LogP contribution in [0.15, 0.2) is 32.5 Å². The van der Waals surface area contributed by atoms with Crippen LogP contribution in [0.4, 0.5) is 5.95 Å². The molecular formula is C12H14N6O2S. The van der Waals surface area contributed by atoms with Crippen molar-refractivity contribution in [3.63, 3.8) is 0 Å². The molecule has 0 aromatic carbocycles. The van der Waals surface area contributed by atoms with Gasteiger partial charge in [0.05, 0.1) is 12.0 Å². The van der Waals surface area contributed by atoms with E-state index in [1.807, 2.05) is 18.4 Å². The molecule has 0 saturated heterocycles. The van der Waals surface area contributed by atoms with Crippen molar-refractivity contribution in [1.82, 2.24) is 24.9 Å². The normalized spacial score (nSPS) is 11.4. The lowest BCUT2D eigenvalue weighted by molar-refractivity contribution is 0.411. The van der Waals surface area contributed by atoms with E-state index >= 15 is 0 Å². The maximum Gasteiger partial charge on any atom is 0.293 e. The highest BCUT2D eigenvalue weighted by molar-refractivity contribution is 7.98. The van der Waals surface area contributed by atoms with E-state index in [9.17, 15) is 0 Å². The fourth-order valence-electron chi connectivity index (χ4n) is 1.81. The minimum Gasteiger partial charge on any atom is -0.459 e. The van der Waals surface area contributed by atoms with Gasteiger partial charge in [0.25, 0.3) is 5.89 Å². The van der Waals surface area contributed by atoms with E-state index in [4.69, 9.17) is 14.7 Å². The van der Waals surface area contributed by atoms with Crippen LogP contribution in [-0.4, -0.2) is 24.9 Å². The Morgan fingerprint density at radius 2 is 2.24 bits per heavy atom. The van der Waals surface area contributed by atoms with Crippen LogP contribution in [0.2, 0.25) is 0 Å². The Balaban J connectivity index is 1.71. The number of aromatic nitrogens is 5. The molecule has 3 rings (SSSR count). The molecule has 0 aliphatic rings. The third kappa shape index (κ3) is 2.77. The fourth-order valence-corrected chi connectivity index (χ4v) is 2.73. The fraction of sp³-hybridized carbons (Fsp3) is 0.333. The molecule has 0 unspecified atom stereocenters. The Morgan fingerprint density at radius 3 is 2.95 bits per heavy atom. The third-order valence-corrected chi connectivity index (χ3v) is 3.68. The first kappa shape index (κ1) is 13.7. The Hall–Kier alpha value is -2.29. The highest BCUT2D eigenvalue weighted by Crippen LogP contribution is 2.26. The van der Waals surface area contributed by atoms with Gasteiger partial charge in [-0.3, -0.25) is 4.57 Å². The number of anilines is 1. The molecule has 3 heterocycles. The van der Waals surface area contributed by atoms with Crippen molar-refractivity contribution in [2.24, 2.45) is 0 Å². The second-order valence-corrected chi connectivity index (χ2v) is 5.53. The van der Waals surface area contributed by atoms with Gasteiger partial charge in [0, 0.05) is 6.04 Å². The Morgan fingerprint density at radius 1 is 1.38 bits per heavy atom. The van der Waals surface area contributed by atoms with Crippen molar-refractivity contribution >= 4 is 17.7 Å². The van der Waals surface area contributed by atoms with Crippen LogP contribution in [0.1, 0.15) is 25.7 Å². The van der Waals surface area contributed by atoms with Gasteiger partial charge in [0.1, 0.15) is 0 Å². The van der Waals surface area contributed by atoms with Crippen molar-refractivity contribution in [2.75, 3.05) is 5.73 Å². The van der Waals surface area contributed by atoms with Crippen molar-refractivity contribution in [2.45, 2.75) is 30.8 Å². The number of nitrogens with zero attached hydrogens (tertiary/aromatic N) is 5. The number of hydrogen-bond donors (Lipinski definition) is 1. The number of thioether (sulfide) groups is 1. The van der Waals surface area contributed by atoms with Crippen LogP contribution in [-0.2, 0) is 5.75 Å². The number of nitrogen functional groups attached to an aromatic ring is 1. The Kier molecular flexibility index (Phi) is 3.65. The van der Waals surface area contributed by atoms with Gasteiger partial charge in [-0.2, -0.15) is 4.98 Å². The van der Waals surface area contributed by atoms with Crippen molar-refractivity contribution in [3.05, 3.63) is 24.2 Å². The minimum absolute atomic E-state index is 0.187. The van der Waals surface area contributed by atoms with E-state index in [0.29, 0.717) is 29.2 Å². The summed E-state index contributed by atoms with van der Waals surface area (Å²) in [5.74, 6) is 2.38. The van der Waals surface area contributed by atoms with E-state index < -0.39 is 0 Å². The first-order valence-electron chi connectivity index (χ1n) is 6.35. The monoisotopic (exact) mass is 306 g/mol. The van der Waals surface area contributed by atoms with E-state index in [2.05, 4.69) is 20.3 Å². The van der Waals surface area contributed by atoms with Crippen LogP contribution in [0.5, 0.6) is 0 Å². The van der Waals surface area contributed by atoms with Crippen molar-refractivity contribution in [1.29, 1.82) is 0 Å². The maximum atomic E-state index is 5.79. The molecule has 2 N–H and O–H groups in total. The SMILES string of the molecule is CC(C)n1c(N)nnc1SCc1noc(-c2ccco2)n1. The number of furan rings is 1. The zero-order chi connectivity index (χ0) is 14.8. The van der Waals surface area contributed by atoms with Crippen molar-refractivity contribution in [3.8, 4) is 11.7 Å². The standard InChI is InChI=1S/C12H14N6O2S/c1-7(2)18-11(13)15-16-12(18)21-6-9-14-10(20-17-9)8-4-3-5-19-8/h3-5,7H,6H2,1-2H3,(H2,13,15). The van der Waals surface area contributed by atoms with Gasteiger partial charge in [-0.05, 0) is 26.0 Å². The molecule has 0 bridgehead atoms. The Labute approximate surface area is 124 Å². The van der Waals surface area contributed by atoms with Gasteiger partial charge >= 0.3 is 0 Å². The molecule has 21 heavy (non-hydrogen) atoms. The van der Waals surface area contributed by atoms with Crippen LogP contribution in [0.3, 0.4) is 0 Å². The highest BCUT2D eigenvalue weighted by atomic mass is 32.2. The van der Waals surface area contributed by atoms with Crippen LogP contribution in [0, 0.1) is 0 Å². The molecule has 3 aromatic rings. The average molecular weight is 306 g/mol. The lowest BCUT2D eigenvalue weighted by Gasteiger charge is -2.10. The molecule has 0 amide bonds. The van der Waals surface area contributed by atoms with E-state index in [1.54, 1.807) is 18.4 Å². The van der Waals surface area contributed by atoms with Crippen LogP contribution >= 0.6 is 11.8 Å². The summed E-state index contributed by atoms with van der Waals surface area (Å²) in [6.45, 7) is 4.04. The summed E-state index contributed by atoms with van der Waals surface area (Å²) in [7, 11) is 0. The summed E-state index contributed by atoms with van der Waals surface area (Å²) in [4.78, 5) is 4.27. The molecule has 0 saturated carbocycles. The lowest BCUT2D eigenvalue weighted by Crippen LogP contribution is -2.07. The molecule has 0 radical (unpaired) electrons. The predicted molar refractivity (Wildman–Crippen MR) is 76.4 cm³/mol. The summed E-state index contributed by atoms with van der Waals surface area (Å²) < 4.78 is 12.2. The smallest absolute Gasteiger partial charge is 0.293 e. The van der Waals surface area contributed by atoms with Gasteiger partial charge in [-0.1, -0.05) is 16.9 Å². The second-order valence-electron chi connectivity index (χ2n) is 4.59. The molecule has 0 aliphatic carbocycles. The van der Waals surface area contributed by atoms with Crippen molar-refractivity contribution < 1.29 is 8.94 Å². The lowest BCUT2D eigenvalue weighted by atomic mass is 10.4. The van der Waals surface area contributed by atoms with E-state index in [-0.39, 0.29) is 6.04 Å². The number of nitrogens with two attached hydrogens (primary N) is 1. The topological polar surface area (TPSA) is 109 Å².